The molecule has 6 rings (SSSR count). The van der Waals surface area contributed by atoms with Crippen molar-refractivity contribution in [3.05, 3.63) is 78.2 Å². The first-order valence-corrected chi connectivity index (χ1v) is 13.2. The van der Waals surface area contributed by atoms with Crippen molar-refractivity contribution in [1.82, 2.24) is 20.2 Å². The Hall–Kier alpha value is -4.30. The van der Waals surface area contributed by atoms with E-state index in [0.717, 1.165) is 66.1 Å². The number of rotatable bonds is 5. The smallest absolute Gasteiger partial charge is 0.224 e. The first kappa shape index (κ1) is 24.1. The van der Waals surface area contributed by atoms with E-state index >= 15 is 0 Å². The van der Waals surface area contributed by atoms with Gasteiger partial charge < -0.3 is 10.3 Å². The second kappa shape index (κ2) is 9.22. The van der Waals surface area contributed by atoms with Gasteiger partial charge in [-0.2, -0.15) is 9.49 Å². The molecule has 8 heteroatoms. The lowest BCUT2D eigenvalue weighted by Crippen LogP contribution is -2.19. The number of pyridine rings is 1. The minimum absolute atomic E-state index is 0.0347. The van der Waals surface area contributed by atoms with E-state index in [1.54, 1.807) is 12.4 Å². The molecule has 4 aromatic heterocycles. The predicted octanol–water partition coefficient (Wildman–Crippen LogP) is 8.02. The molecule has 0 fully saturated rings. The Morgan fingerprint density at radius 1 is 0.974 bits per heavy atom. The predicted molar refractivity (Wildman–Crippen MR) is 153 cm³/mol. The molecule has 1 amide bonds. The number of halogens is 1. The number of benzene rings is 2. The topological polar surface area (TPSA) is 86.5 Å². The molecular weight excluding hydrogens is 497 g/mol. The molecule has 0 aliphatic carbocycles. The molecule has 3 N–H and O–H groups in total. The second-order valence-electron chi connectivity index (χ2n) is 10.6. The van der Waals surface area contributed by atoms with E-state index in [1.807, 2.05) is 63.2 Å². The van der Waals surface area contributed by atoms with Crippen LogP contribution in [-0.2, 0) is 4.79 Å². The number of fused-ring (bicyclic) bond motifs is 2. The summed E-state index contributed by atoms with van der Waals surface area (Å²) in [6.45, 7) is 6.11. The molecule has 2 aromatic carbocycles. The summed E-state index contributed by atoms with van der Waals surface area (Å²) in [6, 6.07) is 19.4. The molecule has 0 bridgehead atoms. The maximum atomic E-state index is 13.7. The Kier molecular flexibility index (Phi) is 5.84. The van der Waals surface area contributed by atoms with E-state index in [1.165, 1.54) is 6.07 Å². The molecule has 0 unspecified atom stereocenters. The monoisotopic (exact) mass is 523 g/mol. The Morgan fingerprint density at radius 3 is 2.63 bits per heavy atom. The van der Waals surface area contributed by atoms with E-state index < -0.39 is 0 Å². The molecule has 0 atom stereocenters. The second-order valence-corrected chi connectivity index (χ2v) is 11.7. The first-order valence-electron chi connectivity index (χ1n) is 12.3. The quantitative estimate of drug-likeness (QED) is 0.214. The van der Waals surface area contributed by atoms with Crippen molar-refractivity contribution in [3.63, 3.8) is 0 Å². The summed E-state index contributed by atoms with van der Waals surface area (Å²) in [7, 11) is 0. The lowest BCUT2D eigenvalue weighted by Gasteiger charge is -2.17. The van der Waals surface area contributed by atoms with Gasteiger partial charge in [0.05, 0.1) is 23.1 Å². The molecular formula is C30H26FN5OS. The zero-order valence-electron chi connectivity index (χ0n) is 21.2. The fraction of sp³-hybridized carbons (Fsp3) is 0.167. The number of aromatic nitrogens is 4. The molecule has 0 radical (unpaired) electrons. The SMILES string of the molecule is CC(C)(C)CC(=O)Nc1cncc(-c2ccc3[nH]nc(-c4cc5c(-c6ccc(F)s6)cccc5[nH]4)c3c2)c1. The number of anilines is 1. The van der Waals surface area contributed by atoms with E-state index in [2.05, 4.69) is 37.6 Å². The van der Waals surface area contributed by atoms with Crippen molar-refractivity contribution in [1.29, 1.82) is 0 Å². The third kappa shape index (κ3) is 4.70. The maximum absolute atomic E-state index is 13.7. The van der Waals surface area contributed by atoms with Crippen molar-refractivity contribution in [2.75, 3.05) is 5.32 Å². The average Bonchev–Trinajstić information content (AvgIpc) is 3.60. The van der Waals surface area contributed by atoms with Crippen LogP contribution in [0.15, 0.2) is 73.1 Å². The Balaban J connectivity index is 1.36. The molecule has 0 aliphatic heterocycles. The largest absolute Gasteiger partial charge is 0.353 e. The Labute approximate surface area is 222 Å². The Morgan fingerprint density at radius 2 is 1.84 bits per heavy atom. The number of aromatic amines is 2. The molecule has 6 nitrogen and oxygen atoms in total. The van der Waals surface area contributed by atoms with Crippen LogP contribution in [0.3, 0.4) is 0 Å². The number of nitrogens with zero attached hydrogens (tertiary/aromatic N) is 2. The molecule has 0 spiro atoms. The normalized spacial score (nSPS) is 11.9. The van der Waals surface area contributed by atoms with Gasteiger partial charge in [0, 0.05) is 44.9 Å². The summed E-state index contributed by atoms with van der Waals surface area (Å²) in [6.07, 6.45) is 3.87. The van der Waals surface area contributed by atoms with Crippen LogP contribution in [0.2, 0.25) is 0 Å². The van der Waals surface area contributed by atoms with Crippen LogP contribution in [0.5, 0.6) is 0 Å². The van der Waals surface area contributed by atoms with Crippen LogP contribution in [0.1, 0.15) is 27.2 Å². The highest BCUT2D eigenvalue weighted by atomic mass is 32.1. The number of hydrogen-bond donors (Lipinski definition) is 3. The summed E-state index contributed by atoms with van der Waals surface area (Å²) < 4.78 is 13.7. The number of H-pyrrole nitrogens is 2. The van der Waals surface area contributed by atoms with Gasteiger partial charge >= 0.3 is 0 Å². The first-order chi connectivity index (χ1) is 18.2. The lowest BCUT2D eigenvalue weighted by molar-refractivity contribution is -0.117. The van der Waals surface area contributed by atoms with Gasteiger partial charge in [-0.25, -0.2) is 0 Å². The van der Waals surface area contributed by atoms with Crippen molar-refractivity contribution in [3.8, 4) is 33.0 Å². The highest BCUT2D eigenvalue weighted by molar-refractivity contribution is 7.14. The summed E-state index contributed by atoms with van der Waals surface area (Å²) in [4.78, 5) is 21.2. The molecule has 6 aromatic rings. The fourth-order valence-corrected chi connectivity index (χ4v) is 5.48. The van der Waals surface area contributed by atoms with E-state index in [-0.39, 0.29) is 16.5 Å². The van der Waals surface area contributed by atoms with Crippen molar-refractivity contribution >= 4 is 44.7 Å². The van der Waals surface area contributed by atoms with Crippen molar-refractivity contribution < 1.29 is 9.18 Å². The van der Waals surface area contributed by atoms with Gasteiger partial charge in [-0.05, 0) is 53.4 Å². The zero-order chi connectivity index (χ0) is 26.4. The molecule has 4 heterocycles. The summed E-state index contributed by atoms with van der Waals surface area (Å²) in [5, 5.41) is 12.5. The van der Waals surface area contributed by atoms with Crippen molar-refractivity contribution in [2.45, 2.75) is 27.2 Å². The fourth-order valence-electron chi connectivity index (χ4n) is 4.71. The minimum atomic E-state index is -0.203. The number of amides is 1. The number of hydrogen-bond acceptors (Lipinski definition) is 4. The van der Waals surface area contributed by atoms with Gasteiger partial charge in [0.15, 0.2) is 5.13 Å². The van der Waals surface area contributed by atoms with Gasteiger partial charge in [-0.3, -0.25) is 14.9 Å². The van der Waals surface area contributed by atoms with E-state index in [9.17, 15) is 9.18 Å². The van der Waals surface area contributed by atoms with Gasteiger partial charge in [0.25, 0.3) is 0 Å². The van der Waals surface area contributed by atoms with E-state index in [4.69, 9.17) is 0 Å². The third-order valence-electron chi connectivity index (χ3n) is 6.37. The zero-order valence-corrected chi connectivity index (χ0v) is 22.0. The van der Waals surface area contributed by atoms with Crippen molar-refractivity contribution in [2.24, 2.45) is 5.41 Å². The summed E-state index contributed by atoms with van der Waals surface area (Å²) in [5.74, 6) is -0.0347. The van der Waals surface area contributed by atoms with Crippen LogP contribution < -0.4 is 5.32 Å². The summed E-state index contributed by atoms with van der Waals surface area (Å²) in [5.41, 5.74) is 6.94. The van der Waals surface area contributed by atoms with Crippen LogP contribution in [0.4, 0.5) is 10.1 Å². The number of thiophene rings is 1. The minimum Gasteiger partial charge on any atom is -0.353 e. The number of nitrogens with one attached hydrogen (secondary N) is 3. The third-order valence-corrected chi connectivity index (χ3v) is 7.27. The van der Waals surface area contributed by atoms with Crippen LogP contribution in [0, 0.1) is 10.5 Å². The highest BCUT2D eigenvalue weighted by Crippen LogP contribution is 2.37. The highest BCUT2D eigenvalue weighted by Gasteiger charge is 2.17. The molecule has 0 saturated carbocycles. The van der Waals surface area contributed by atoms with Crippen LogP contribution in [0.25, 0.3) is 54.8 Å². The number of carbonyl (C=O) groups is 1. The van der Waals surface area contributed by atoms with Crippen LogP contribution in [-0.4, -0.2) is 26.1 Å². The van der Waals surface area contributed by atoms with Gasteiger partial charge in [0.2, 0.25) is 5.91 Å². The van der Waals surface area contributed by atoms with Gasteiger partial charge in [-0.15, -0.1) is 11.3 Å². The van der Waals surface area contributed by atoms with Gasteiger partial charge in [0.1, 0.15) is 5.69 Å². The molecule has 38 heavy (non-hydrogen) atoms. The van der Waals surface area contributed by atoms with Gasteiger partial charge in [-0.1, -0.05) is 39.0 Å². The van der Waals surface area contributed by atoms with Crippen LogP contribution >= 0.6 is 11.3 Å². The lowest BCUT2D eigenvalue weighted by atomic mass is 9.92. The van der Waals surface area contributed by atoms with E-state index in [0.29, 0.717) is 12.1 Å². The number of carbonyl (C=O) groups excluding carboxylic acids is 1. The average molecular weight is 524 g/mol. The molecule has 190 valence electrons. The maximum Gasteiger partial charge on any atom is 0.224 e. The summed E-state index contributed by atoms with van der Waals surface area (Å²) >= 11 is 1.14. The molecule has 0 aliphatic rings. The standard InChI is InChI=1S/C30H26FN5OS/c1-30(2,3)14-28(37)33-19-11-18(15-32-16-19)17-7-8-24-22(12-17)29(36-35-24)25-13-21-20(5-4-6-23(21)34-25)26-9-10-27(31)38-26/h4-13,15-16,34H,14H2,1-3H3,(H,33,37)(H,35,36). The molecule has 0 saturated heterocycles. The Bertz CT molecular complexity index is 1810.